The quantitative estimate of drug-likeness (QED) is 0.204. The molecule has 0 amide bonds. The minimum Gasteiger partial charge on any atom is -0.499 e. The van der Waals surface area contributed by atoms with Crippen molar-refractivity contribution in [2.24, 2.45) is 0 Å². The summed E-state index contributed by atoms with van der Waals surface area (Å²) in [6.45, 7) is 9.29. The lowest BCUT2D eigenvalue weighted by atomic mass is 10.1. The average molecular weight is 347 g/mol. The van der Waals surface area contributed by atoms with Crippen LogP contribution in [0, 0.1) is 0 Å². The molecule has 0 aromatic rings. The summed E-state index contributed by atoms with van der Waals surface area (Å²) in [7, 11) is 0. The second kappa shape index (κ2) is 24.7. The van der Waals surface area contributed by atoms with Crippen molar-refractivity contribution in [1.82, 2.24) is 0 Å². The first-order chi connectivity index (χ1) is 10.3. The van der Waals surface area contributed by atoms with Crippen molar-refractivity contribution >= 4 is 14.5 Å². The Kier molecular flexibility index (Phi) is 30.4. The Balaban J connectivity index is -0.00000200. The molecule has 0 atom stereocenters. The Labute approximate surface area is 153 Å². The highest BCUT2D eigenvalue weighted by Crippen LogP contribution is 2.10. The maximum atomic E-state index is 5.85. The molecule has 0 aliphatic heterocycles. The van der Waals surface area contributed by atoms with Gasteiger partial charge in [0.1, 0.15) is 0 Å². The predicted octanol–water partition coefficient (Wildman–Crippen LogP) is 7.24. The van der Waals surface area contributed by atoms with Gasteiger partial charge in [-0.05, 0) is 6.42 Å². The van der Waals surface area contributed by atoms with Crippen molar-refractivity contribution in [3.05, 3.63) is 0 Å². The maximum absolute atomic E-state index is 5.85. The van der Waals surface area contributed by atoms with Gasteiger partial charge in [0.05, 0.1) is 6.61 Å². The van der Waals surface area contributed by atoms with Crippen LogP contribution in [0.4, 0.5) is 0 Å². The molecule has 142 valence electrons. The molecular weight excluding hydrogens is 299 g/mol. The molecule has 0 N–H and O–H groups in total. The van der Waals surface area contributed by atoms with E-state index in [1.54, 1.807) is 0 Å². The van der Waals surface area contributed by atoms with Crippen LogP contribution >= 0.6 is 0 Å². The summed E-state index contributed by atoms with van der Waals surface area (Å²) in [5.41, 5.74) is 0. The predicted molar refractivity (Wildman–Crippen MR) is 109 cm³/mol. The van der Waals surface area contributed by atoms with E-state index < -0.39 is 14.5 Å². The van der Waals surface area contributed by atoms with Crippen molar-refractivity contribution in [2.45, 2.75) is 110 Å². The molecule has 23 heavy (non-hydrogen) atoms. The molecule has 0 bridgehead atoms. The lowest BCUT2D eigenvalue weighted by molar-refractivity contribution is 0.0963. The topological polar surface area (TPSA) is 18.5 Å². The van der Waals surface area contributed by atoms with Crippen LogP contribution in [0.25, 0.3) is 0 Å². The van der Waals surface area contributed by atoms with Gasteiger partial charge in [-0.25, -0.2) is 0 Å². The zero-order valence-corrected chi connectivity index (χ0v) is 16.2. The zero-order chi connectivity index (χ0) is 15.6. The molecule has 0 spiro atoms. The zero-order valence-electron chi connectivity index (χ0n) is 15.0. The summed E-state index contributed by atoms with van der Waals surface area (Å²) in [6, 6.07) is 0. The first-order valence-corrected chi connectivity index (χ1v) is 11.6. The molecule has 0 aliphatic carbocycles. The van der Waals surface area contributed by atoms with Gasteiger partial charge in [0.15, 0.2) is 0 Å². The standard InChI is InChI=1S/C14H29O2.2C2H5.2CH4.Al/c1-2-3-4-5-6-7-8-9-10-11-13-16-14-12-15;2*1-2;;;/h2-14H2,1H3;2*1H2,2H3;2*1H4;/q-1;;;;;+1. The molecule has 3 heteroatoms. The van der Waals surface area contributed by atoms with Crippen LogP contribution in [-0.2, 0) is 8.53 Å². The van der Waals surface area contributed by atoms with Gasteiger partial charge < -0.3 is 8.53 Å². The van der Waals surface area contributed by atoms with E-state index >= 15 is 0 Å². The van der Waals surface area contributed by atoms with Gasteiger partial charge in [-0.3, -0.25) is 0 Å². The van der Waals surface area contributed by atoms with Crippen molar-refractivity contribution in [1.29, 1.82) is 0 Å². The van der Waals surface area contributed by atoms with E-state index in [-0.39, 0.29) is 14.9 Å². The summed E-state index contributed by atoms with van der Waals surface area (Å²) in [5.74, 6) is 0. The summed E-state index contributed by atoms with van der Waals surface area (Å²) in [5, 5.41) is 2.49. The van der Waals surface area contributed by atoms with Crippen LogP contribution in [0.2, 0.25) is 10.6 Å². The molecule has 0 aliphatic rings. The van der Waals surface area contributed by atoms with E-state index in [1.165, 1.54) is 74.8 Å². The van der Waals surface area contributed by atoms with Gasteiger partial charge in [-0.15, -0.1) is 0 Å². The molecule has 0 saturated heterocycles. The number of hydrogen-bond donors (Lipinski definition) is 0. The minimum absolute atomic E-state index is 0. The van der Waals surface area contributed by atoms with Crippen LogP contribution in [0.15, 0.2) is 0 Å². The molecule has 0 heterocycles. The molecule has 0 fully saturated rings. The van der Waals surface area contributed by atoms with E-state index in [0.717, 1.165) is 19.8 Å². The third-order valence-electron chi connectivity index (χ3n) is 4.13. The largest absolute Gasteiger partial charge is 0.499 e. The van der Waals surface area contributed by atoms with Crippen LogP contribution in [0.3, 0.4) is 0 Å². The second-order valence-corrected chi connectivity index (χ2v) is 9.31. The molecule has 0 rings (SSSR count). The smallest absolute Gasteiger partial charge is 0.460 e. The van der Waals surface area contributed by atoms with Gasteiger partial charge in [0.2, 0.25) is 0 Å². The van der Waals surface area contributed by atoms with Gasteiger partial charge in [-0.1, -0.05) is 104 Å². The van der Waals surface area contributed by atoms with E-state index in [0.29, 0.717) is 0 Å². The summed E-state index contributed by atoms with van der Waals surface area (Å²) in [6.07, 6.45) is 13.9. The number of ether oxygens (including phenoxy) is 1. The SMILES string of the molecule is C.C.CCCCCCCCCCCCOCC[O][Al]([CH2]C)[CH2]C. The molecule has 0 aromatic heterocycles. The highest BCUT2D eigenvalue weighted by molar-refractivity contribution is 6.51. The molecular formula is C20H47AlO2. The maximum Gasteiger partial charge on any atom is 0.460 e. The molecule has 2 nitrogen and oxygen atoms in total. The van der Waals surface area contributed by atoms with Gasteiger partial charge in [0, 0.05) is 13.2 Å². The lowest BCUT2D eigenvalue weighted by Gasteiger charge is -2.10. The average Bonchev–Trinajstić information content (AvgIpc) is 2.51. The van der Waals surface area contributed by atoms with E-state index in [2.05, 4.69) is 20.8 Å². The van der Waals surface area contributed by atoms with Crippen molar-refractivity contribution in [3.8, 4) is 0 Å². The van der Waals surface area contributed by atoms with Gasteiger partial charge in [-0.2, -0.15) is 0 Å². The Hall–Kier alpha value is 0.452. The molecule has 0 aromatic carbocycles. The minimum atomic E-state index is -0.861. The monoisotopic (exact) mass is 346 g/mol. The molecule has 0 radical (unpaired) electrons. The van der Waals surface area contributed by atoms with E-state index in [9.17, 15) is 0 Å². The van der Waals surface area contributed by atoms with Crippen LogP contribution in [-0.4, -0.2) is 34.3 Å². The van der Waals surface area contributed by atoms with Crippen molar-refractivity contribution in [2.75, 3.05) is 19.8 Å². The Bertz CT molecular complexity index is 184. The summed E-state index contributed by atoms with van der Waals surface area (Å²) < 4.78 is 11.5. The second-order valence-electron chi connectivity index (χ2n) is 6.10. The van der Waals surface area contributed by atoms with Crippen LogP contribution < -0.4 is 0 Å². The highest BCUT2D eigenvalue weighted by atomic mass is 27.2. The van der Waals surface area contributed by atoms with E-state index in [4.69, 9.17) is 8.53 Å². The highest BCUT2D eigenvalue weighted by Gasteiger charge is 2.13. The Morgan fingerprint density at radius 1 is 0.565 bits per heavy atom. The fraction of sp³-hybridized carbons (Fsp3) is 1.00. The number of hydrogen-bond acceptors (Lipinski definition) is 2. The Morgan fingerprint density at radius 3 is 1.52 bits per heavy atom. The fourth-order valence-corrected chi connectivity index (χ4v) is 4.07. The van der Waals surface area contributed by atoms with Crippen LogP contribution in [0.5, 0.6) is 0 Å². The van der Waals surface area contributed by atoms with Crippen molar-refractivity contribution in [3.63, 3.8) is 0 Å². The number of rotatable bonds is 17. The summed E-state index contributed by atoms with van der Waals surface area (Å²) in [4.78, 5) is 0. The first-order valence-electron chi connectivity index (χ1n) is 9.54. The Morgan fingerprint density at radius 2 is 1.04 bits per heavy atom. The van der Waals surface area contributed by atoms with Crippen molar-refractivity contribution < 1.29 is 8.53 Å². The lowest BCUT2D eigenvalue weighted by Crippen LogP contribution is -2.18. The van der Waals surface area contributed by atoms with Gasteiger partial charge >= 0.3 is 14.5 Å². The molecule has 0 unspecified atom stereocenters. The summed E-state index contributed by atoms with van der Waals surface area (Å²) >= 11 is -0.861. The van der Waals surface area contributed by atoms with Gasteiger partial charge in [0.25, 0.3) is 0 Å². The first kappa shape index (κ1) is 28.3. The molecule has 0 saturated carbocycles. The third-order valence-corrected chi connectivity index (χ3v) is 6.66. The fourth-order valence-electron chi connectivity index (χ4n) is 2.59. The van der Waals surface area contributed by atoms with E-state index in [1.807, 2.05) is 0 Å². The third kappa shape index (κ3) is 22.5. The van der Waals surface area contributed by atoms with Crippen LogP contribution in [0.1, 0.15) is 99.8 Å². The normalized spacial score (nSPS) is 10.0. The number of unbranched alkanes of at least 4 members (excludes halogenated alkanes) is 9.